The van der Waals surface area contributed by atoms with E-state index in [4.69, 9.17) is 14.2 Å². The van der Waals surface area contributed by atoms with Crippen LogP contribution in [0.5, 0.6) is 0 Å². The Kier molecular flexibility index (Phi) is 6.73. The van der Waals surface area contributed by atoms with Crippen LogP contribution in [0.2, 0.25) is 0 Å². The number of nitrogens with one attached hydrogen (secondary N) is 1. The Morgan fingerprint density at radius 2 is 1.85 bits per heavy atom. The van der Waals surface area contributed by atoms with E-state index in [0.29, 0.717) is 25.0 Å². The molecule has 0 radical (unpaired) electrons. The van der Waals surface area contributed by atoms with Crippen molar-refractivity contribution in [2.45, 2.75) is 64.4 Å². The third-order valence-electron chi connectivity index (χ3n) is 5.34. The summed E-state index contributed by atoms with van der Waals surface area (Å²) in [7, 11) is 0. The molecule has 3 N–H and O–H groups in total. The van der Waals surface area contributed by atoms with Gasteiger partial charge < -0.3 is 19.5 Å². The number of hydrogen-bond donors (Lipinski definition) is 2. The fraction of sp³-hybridized carbons (Fsp3) is 0.667. The van der Waals surface area contributed by atoms with Gasteiger partial charge in [-0.3, -0.25) is 5.32 Å². The zero-order valence-corrected chi connectivity index (χ0v) is 16.8. The Hall–Kier alpha value is -1.63. The normalized spacial score (nSPS) is 27.2. The molecule has 27 heavy (non-hydrogen) atoms. The van der Waals surface area contributed by atoms with E-state index in [1.54, 1.807) is 0 Å². The molecule has 0 unspecified atom stereocenters. The first-order valence-corrected chi connectivity index (χ1v) is 10.1. The van der Waals surface area contributed by atoms with Crippen molar-refractivity contribution >= 4 is 11.8 Å². The summed E-state index contributed by atoms with van der Waals surface area (Å²) in [6, 6.07) is 8.13. The van der Waals surface area contributed by atoms with Crippen molar-refractivity contribution in [2.24, 2.45) is 5.92 Å². The van der Waals surface area contributed by atoms with E-state index < -0.39 is 6.09 Å². The number of benzene rings is 1. The molecule has 2 fully saturated rings. The lowest BCUT2D eigenvalue weighted by Gasteiger charge is -2.17. The maximum Gasteiger partial charge on any atom is 0.412 e. The average Bonchev–Trinajstić information content (AvgIpc) is 3.19. The highest BCUT2D eigenvalue weighted by Crippen LogP contribution is 2.28. The van der Waals surface area contributed by atoms with Gasteiger partial charge in [-0.05, 0) is 36.0 Å². The highest BCUT2D eigenvalue weighted by atomic mass is 16.6. The molecule has 2 heterocycles. The van der Waals surface area contributed by atoms with Crippen molar-refractivity contribution in [3.8, 4) is 0 Å². The van der Waals surface area contributed by atoms with Crippen molar-refractivity contribution in [1.29, 1.82) is 0 Å². The van der Waals surface area contributed by atoms with Crippen LogP contribution in [-0.2, 0) is 14.2 Å². The van der Waals surface area contributed by atoms with Crippen molar-refractivity contribution < 1.29 is 24.3 Å². The Morgan fingerprint density at radius 1 is 1.15 bits per heavy atom. The van der Waals surface area contributed by atoms with Crippen LogP contribution < -0.4 is 10.6 Å². The molecule has 1 aromatic carbocycles. The van der Waals surface area contributed by atoms with Crippen LogP contribution in [0, 0.1) is 5.92 Å². The molecule has 4 atom stereocenters. The Labute approximate surface area is 161 Å². The molecule has 2 saturated heterocycles. The molecule has 2 aliphatic heterocycles. The fourth-order valence-electron chi connectivity index (χ4n) is 3.68. The Balaban J connectivity index is 1.47. The van der Waals surface area contributed by atoms with Gasteiger partial charge in [0, 0.05) is 5.69 Å². The molecule has 0 spiro atoms. The highest BCUT2D eigenvalue weighted by Gasteiger charge is 2.51. The van der Waals surface area contributed by atoms with E-state index in [-0.39, 0.29) is 24.4 Å². The van der Waals surface area contributed by atoms with E-state index in [0.717, 1.165) is 12.2 Å². The number of carbonyl (C=O) groups is 1. The molecule has 6 nitrogen and oxygen atoms in total. The average molecular weight is 378 g/mol. The summed E-state index contributed by atoms with van der Waals surface area (Å²) in [5.74, 6) is 1.15. The number of anilines is 1. The Morgan fingerprint density at radius 3 is 2.52 bits per heavy atom. The molecule has 1 amide bonds. The highest BCUT2D eigenvalue weighted by molar-refractivity contribution is 5.84. The minimum Gasteiger partial charge on any atom is -0.441 e. The van der Waals surface area contributed by atoms with Crippen molar-refractivity contribution in [3.63, 3.8) is 0 Å². The van der Waals surface area contributed by atoms with Crippen molar-refractivity contribution in [2.75, 3.05) is 25.1 Å². The molecular weight excluding hydrogens is 344 g/mol. The molecule has 2 aliphatic rings. The van der Waals surface area contributed by atoms with Gasteiger partial charge in [-0.25, -0.2) is 4.79 Å². The van der Waals surface area contributed by atoms with Crippen LogP contribution in [0.4, 0.5) is 10.5 Å². The lowest BCUT2D eigenvalue weighted by molar-refractivity contribution is -0.693. The number of amides is 1. The van der Waals surface area contributed by atoms with Crippen LogP contribution in [0.15, 0.2) is 24.3 Å². The minimum absolute atomic E-state index is 0.000266. The number of carbonyl (C=O) groups excluding carboxylic acids is 1. The summed E-state index contributed by atoms with van der Waals surface area (Å²) in [5.41, 5.74) is 1.96. The number of quaternary nitrogens is 1. The van der Waals surface area contributed by atoms with Crippen molar-refractivity contribution in [3.05, 3.63) is 29.8 Å². The lowest BCUT2D eigenvalue weighted by Crippen LogP contribution is -2.93. The van der Waals surface area contributed by atoms with Gasteiger partial charge in [0.25, 0.3) is 0 Å². The third kappa shape index (κ3) is 5.21. The molecule has 0 aliphatic carbocycles. The van der Waals surface area contributed by atoms with E-state index in [2.05, 4.69) is 38.3 Å². The summed E-state index contributed by atoms with van der Waals surface area (Å²) in [5, 5.41) is 5.10. The first kappa shape index (κ1) is 20.1. The summed E-state index contributed by atoms with van der Waals surface area (Å²) in [4.78, 5) is 12.3. The summed E-state index contributed by atoms with van der Waals surface area (Å²) in [6.45, 7) is 10.8. The van der Waals surface area contributed by atoms with Crippen LogP contribution in [0.1, 0.15) is 45.6 Å². The molecule has 0 bridgehead atoms. The molecule has 1 aromatic rings. The lowest BCUT2D eigenvalue weighted by atomic mass is 10.0. The molecule has 3 rings (SSSR count). The second-order valence-corrected chi connectivity index (χ2v) is 8.31. The number of ether oxygens (including phenoxy) is 3. The molecule has 150 valence electrons. The van der Waals surface area contributed by atoms with Gasteiger partial charge in [-0.2, -0.15) is 0 Å². The second-order valence-electron chi connectivity index (χ2n) is 8.31. The summed E-state index contributed by atoms with van der Waals surface area (Å²) >= 11 is 0. The van der Waals surface area contributed by atoms with Gasteiger partial charge in [0.15, 0.2) is 6.10 Å². The first-order chi connectivity index (χ1) is 12.9. The monoisotopic (exact) mass is 377 g/mol. The first-order valence-electron chi connectivity index (χ1n) is 10.1. The van der Waals surface area contributed by atoms with Gasteiger partial charge in [-0.1, -0.05) is 39.8 Å². The fourth-order valence-corrected chi connectivity index (χ4v) is 3.68. The van der Waals surface area contributed by atoms with Crippen LogP contribution in [0.25, 0.3) is 0 Å². The number of hydrogen-bond acceptors (Lipinski definition) is 4. The SMILES string of the molecule is CC(C)CC[NH2+][C@H]1CO[C@H]2[C@@H]1OC[C@H]2OC(=O)Nc1ccc(C(C)C)cc1. The van der Waals surface area contributed by atoms with Gasteiger partial charge >= 0.3 is 6.09 Å². The predicted molar refractivity (Wildman–Crippen MR) is 104 cm³/mol. The topological polar surface area (TPSA) is 73.4 Å². The van der Waals surface area contributed by atoms with Gasteiger partial charge in [0.1, 0.15) is 24.9 Å². The van der Waals surface area contributed by atoms with Crippen LogP contribution in [0.3, 0.4) is 0 Å². The predicted octanol–water partition coefficient (Wildman–Crippen LogP) is 2.50. The van der Waals surface area contributed by atoms with E-state index in [1.165, 1.54) is 12.0 Å². The summed E-state index contributed by atoms with van der Waals surface area (Å²) < 4.78 is 17.4. The van der Waals surface area contributed by atoms with Crippen LogP contribution in [-0.4, -0.2) is 50.2 Å². The minimum atomic E-state index is -0.461. The zero-order chi connectivity index (χ0) is 19.4. The maximum absolute atomic E-state index is 12.3. The number of rotatable bonds is 7. The largest absolute Gasteiger partial charge is 0.441 e. The Bertz CT molecular complexity index is 617. The third-order valence-corrected chi connectivity index (χ3v) is 5.34. The van der Waals surface area contributed by atoms with Gasteiger partial charge in [-0.15, -0.1) is 0 Å². The maximum atomic E-state index is 12.3. The smallest absolute Gasteiger partial charge is 0.412 e. The second kappa shape index (κ2) is 9.04. The summed E-state index contributed by atoms with van der Waals surface area (Å²) in [6.07, 6.45) is 0.191. The zero-order valence-electron chi connectivity index (χ0n) is 16.8. The molecule has 0 aromatic heterocycles. The quantitative estimate of drug-likeness (QED) is 0.766. The van der Waals surface area contributed by atoms with Gasteiger partial charge in [0.05, 0.1) is 13.2 Å². The molecular formula is C21H33N2O4+. The van der Waals surface area contributed by atoms with Gasteiger partial charge in [0.2, 0.25) is 0 Å². The number of nitrogens with two attached hydrogens (primary N) is 1. The van der Waals surface area contributed by atoms with E-state index in [1.807, 2.05) is 24.3 Å². The van der Waals surface area contributed by atoms with Crippen molar-refractivity contribution in [1.82, 2.24) is 0 Å². The van der Waals surface area contributed by atoms with E-state index in [9.17, 15) is 4.79 Å². The van der Waals surface area contributed by atoms with E-state index >= 15 is 0 Å². The number of fused-ring (bicyclic) bond motifs is 1. The van der Waals surface area contributed by atoms with Crippen LogP contribution >= 0.6 is 0 Å². The molecule has 6 heteroatoms. The molecule has 0 saturated carbocycles. The standard InChI is InChI=1S/C21H32N2O4/c1-13(2)9-10-22-17-11-25-20-18(12-26-19(17)20)27-21(24)23-16-7-5-15(6-8-16)14(3)4/h5-8,13-14,17-20,22H,9-12H2,1-4H3,(H,23,24)/p+1/t17-,18+,19+,20+/m0/s1.